The lowest BCUT2D eigenvalue weighted by molar-refractivity contribution is 0.0526. The van der Waals surface area contributed by atoms with Crippen LogP contribution in [0.4, 0.5) is 4.79 Å². The predicted octanol–water partition coefficient (Wildman–Crippen LogP) is 1.86. The van der Waals surface area contributed by atoms with E-state index in [1.165, 1.54) is 0 Å². The number of rotatable bonds is 2. The maximum Gasteiger partial charge on any atom is 0.318 e. The number of hydrogen-bond acceptors (Lipinski definition) is 4. The van der Waals surface area contributed by atoms with Gasteiger partial charge in [-0.3, -0.25) is 0 Å². The third-order valence-electron chi connectivity index (χ3n) is 2.97. The second-order valence-electron chi connectivity index (χ2n) is 4.45. The Hall–Kier alpha value is -1.14. The number of nitrogens with one attached hydrogen (secondary N) is 1. The van der Waals surface area contributed by atoms with Crippen LogP contribution < -0.4 is 5.32 Å². The first-order valence-corrected chi connectivity index (χ1v) is 6.96. The van der Waals surface area contributed by atoms with Gasteiger partial charge in [-0.1, -0.05) is 0 Å². The SMILES string of the molecule is Cc1nc(C)c(C(C)NC(=O)N2CCOCC2)s1. The molecule has 2 amide bonds. The molecule has 0 aromatic carbocycles. The zero-order chi connectivity index (χ0) is 13.1. The largest absolute Gasteiger partial charge is 0.378 e. The van der Waals surface area contributed by atoms with E-state index in [1.807, 2.05) is 20.8 Å². The van der Waals surface area contributed by atoms with Crippen molar-refractivity contribution in [1.82, 2.24) is 15.2 Å². The van der Waals surface area contributed by atoms with Crippen LogP contribution in [-0.4, -0.2) is 42.2 Å². The van der Waals surface area contributed by atoms with Crippen molar-refractivity contribution in [3.05, 3.63) is 15.6 Å². The molecule has 2 heterocycles. The highest BCUT2D eigenvalue weighted by atomic mass is 32.1. The molecular weight excluding hydrogens is 250 g/mol. The number of carbonyl (C=O) groups excluding carboxylic acids is 1. The summed E-state index contributed by atoms with van der Waals surface area (Å²) in [5, 5.41) is 4.06. The maximum absolute atomic E-state index is 12.0. The van der Waals surface area contributed by atoms with Crippen LogP contribution in [0, 0.1) is 13.8 Å². The van der Waals surface area contributed by atoms with Crippen molar-refractivity contribution >= 4 is 17.4 Å². The van der Waals surface area contributed by atoms with E-state index >= 15 is 0 Å². The first-order valence-electron chi connectivity index (χ1n) is 6.15. The minimum absolute atomic E-state index is 0.00606. The minimum atomic E-state index is -0.0174. The maximum atomic E-state index is 12.0. The van der Waals surface area contributed by atoms with E-state index in [9.17, 15) is 4.79 Å². The highest BCUT2D eigenvalue weighted by Gasteiger charge is 2.20. The lowest BCUT2D eigenvalue weighted by atomic mass is 10.2. The third kappa shape index (κ3) is 3.00. The number of aryl methyl sites for hydroxylation is 2. The van der Waals surface area contributed by atoms with E-state index < -0.39 is 0 Å². The van der Waals surface area contributed by atoms with Gasteiger partial charge in [-0.15, -0.1) is 11.3 Å². The first-order chi connectivity index (χ1) is 8.58. The molecule has 1 aromatic heterocycles. The van der Waals surface area contributed by atoms with Crippen molar-refractivity contribution in [2.24, 2.45) is 0 Å². The van der Waals surface area contributed by atoms with Gasteiger partial charge in [0, 0.05) is 18.0 Å². The first kappa shape index (κ1) is 13.3. The van der Waals surface area contributed by atoms with Gasteiger partial charge in [-0.05, 0) is 20.8 Å². The minimum Gasteiger partial charge on any atom is -0.378 e. The predicted molar refractivity (Wildman–Crippen MR) is 70.9 cm³/mol. The smallest absolute Gasteiger partial charge is 0.318 e. The summed E-state index contributed by atoms with van der Waals surface area (Å²) in [6, 6.07) is -0.0113. The van der Waals surface area contributed by atoms with E-state index in [0.717, 1.165) is 15.6 Å². The van der Waals surface area contributed by atoms with Crippen molar-refractivity contribution in [1.29, 1.82) is 0 Å². The summed E-state index contributed by atoms with van der Waals surface area (Å²) in [5.41, 5.74) is 1.01. The Labute approximate surface area is 111 Å². The van der Waals surface area contributed by atoms with E-state index in [4.69, 9.17) is 4.74 Å². The van der Waals surface area contributed by atoms with Crippen LogP contribution in [0.2, 0.25) is 0 Å². The molecule has 1 aliphatic rings. The molecule has 0 bridgehead atoms. The second kappa shape index (κ2) is 5.67. The molecule has 1 unspecified atom stereocenters. The molecule has 1 aromatic rings. The number of nitrogens with zero attached hydrogens (tertiary/aromatic N) is 2. The van der Waals surface area contributed by atoms with Crippen LogP contribution in [-0.2, 0) is 4.74 Å². The fourth-order valence-corrected chi connectivity index (χ4v) is 2.99. The Morgan fingerprint density at radius 2 is 2.11 bits per heavy atom. The number of morpholine rings is 1. The molecule has 1 atom stereocenters. The molecule has 0 radical (unpaired) electrons. The number of thiazole rings is 1. The van der Waals surface area contributed by atoms with Gasteiger partial charge in [0.1, 0.15) is 0 Å². The van der Waals surface area contributed by atoms with Gasteiger partial charge >= 0.3 is 6.03 Å². The van der Waals surface area contributed by atoms with E-state index in [1.54, 1.807) is 16.2 Å². The van der Waals surface area contributed by atoms with Gasteiger partial charge in [-0.25, -0.2) is 9.78 Å². The number of aromatic nitrogens is 1. The molecule has 0 saturated carbocycles. The quantitative estimate of drug-likeness (QED) is 0.891. The van der Waals surface area contributed by atoms with Crippen molar-refractivity contribution in [2.45, 2.75) is 26.8 Å². The summed E-state index contributed by atoms with van der Waals surface area (Å²) in [6.45, 7) is 8.55. The highest BCUT2D eigenvalue weighted by molar-refractivity contribution is 7.11. The molecule has 1 aliphatic heterocycles. The second-order valence-corrected chi connectivity index (χ2v) is 5.69. The Balaban J connectivity index is 1.96. The van der Waals surface area contributed by atoms with Crippen LogP contribution in [0.3, 0.4) is 0 Å². The molecule has 0 aliphatic carbocycles. The fourth-order valence-electron chi connectivity index (χ4n) is 2.06. The van der Waals surface area contributed by atoms with Crippen LogP contribution in [0.1, 0.15) is 28.5 Å². The monoisotopic (exact) mass is 269 g/mol. The third-order valence-corrected chi connectivity index (χ3v) is 4.23. The number of ether oxygens (including phenoxy) is 1. The summed E-state index contributed by atoms with van der Waals surface area (Å²) in [4.78, 5) is 19.4. The highest BCUT2D eigenvalue weighted by Crippen LogP contribution is 2.24. The summed E-state index contributed by atoms with van der Waals surface area (Å²) < 4.78 is 5.23. The Morgan fingerprint density at radius 1 is 1.44 bits per heavy atom. The Morgan fingerprint density at radius 3 is 2.67 bits per heavy atom. The normalized spacial score (nSPS) is 17.6. The molecule has 1 fully saturated rings. The topological polar surface area (TPSA) is 54.5 Å². The van der Waals surface area contributed by atoms with E-state index in [0.29, 0.717) is 26.3 Å². The summed E-state index contributed by atoms with van der Waals surface area (Å²) in [7, 11) is 0. The molecule has 2 rings (SSSR count). The number of hydrogen-bond donors (Lipinski definition) is 1. The molecule has 100 valence electrons. The van der Waals surface area contributed by atoms with Crippen LogP contribution in [0.25, 0.3) is 0 Å². The average Bonchev–Trinajstić information content (AvgIpc) is 2.69. The molecule has 18 heavy (non-hydrogen) atoms. The molecule has 6 heteroatoms. The van der Waals surface area contributed by atoms with Crippen molar-refractivity contribution in [2.75, 3.05) is 26.3 Å². The number of urea groups is 1. The van der Waals surface area contributed by atoms with Gasteiger partial charge in [0.25, 0.3) is 0 Å². The van der Waals surface area contributed by atoms with Crippen molar-refractivity contribution in [3.8, 4) is 0 Å². The zero-order valence-electron chi connectivity index (χ0n) is 11.0. The van der Waals surface area contributed by atoms with Gasteiger partial charge in [-0.2, -0.15) is 0 Å². The summed E-state index contributed by atoms with van der Waals surface area (Å²) in [6.07, 6.45) is 0. The molecule has 1 saturated heterocycles. The fraction of sp³-hybridized carbons (Fsp3) is 0.667. The summed E-state index contributed by atoms with van der Waals surface area (Å²) in [5.74, 6) is 0. The Bertz CT molecular complexity index is 427. The van der Waals surface area contributed by atoms with Gasteiger partial charge in [0.05, 0.1) is 30.0 Å². The average molecular weight is 269 g/mol. The van der Waals surface area contributed by atoms with Crippen LogP contribution in [0.15, 0.2) is 0 Å². The van der Waals surface area contributed by atoms with Gasteiger partial charge in [0.2, 0.25) is 0 Å². The number of amides is 2. The lowest BCUT2D eigenvalue weighted by Crippen LogP contribution is -2.46. The van der Waals surface area contributed by atoms with E-state index in [2.05, 4.69) is 10.3 Å². The van der Waals surface area contributed by atoms with E-state index in [-0.39, 0.29) is 12.1 Å². The van der Waals surface area contributed by atoms with Crippen LogP contribution in [0.5, 0.6) is 0 Å². The summed E-state index contributed by atoms with van der Waals surface area (Å²) >= 11 is 1.64. The molecule has 1 N–H and O–H groups in total. The van der Waals surface area contributed by atoms with Gasteiger partial charge in [0.15, 0.2) is 0 Å². The molecular formula is C12H19N3O2S. The van der Waals surface area contributed by atoms with Crippen LogP contribution >= 0.6 is 11.3 Å². The lowest BCUT2D eigenvalue weighted by Gasteiger charge is -2.28. The zero-order valence-corrected chi connectivity index (χ0v) is 11.8. The molecule has 5 nitrogen and oxygen atoms in total. The Kier molecular flexibility index (Phi) is 4.19. The standard InChI is InChI=1S/C12H19N3O2S/c1-8-11(18-10(3)13-8)9(2)14-12(16)15-4-6-17-7-5-15/h9H,4-7H2,1-3H3,(H,14,16). The van der Waals surface area contributed by atoms with Crippen molar-refractivity contribution < 1.29 is 9.53 Å². The number of carbonyl (C=O) groups is 1. The molecule has 0 spiro atoms. The van der Waals surface area contributed by atoms with Crippen molar-refractivity contribution in [3.63, 3.8) is 0 Å². The van der Waals surface area contributed by atoms with Gasteiger partial charge < -0.3 is 15.0 Å².